The van der Waals surface area contributed by atoms with Gasteiger partial charge in [-0.3, -0.25) is 4.90 Å². The van der Waals surface area contributed by atoms with E-state index in [1.807, 2.05) is 37.3 Å². The molecule has 3 nitrogen and oxygen atoms in total. The van der Waals surface area contributed by atoms with Gasteiger partial charge in [-0.15, -0.1) is 0 Å². The van der Waals surface area contributed by atoms with Gasteiger partial charge in [0.25, 0.3) is 0 Å². The van der Waals surface area contributed by atoms with Gasteiger partial charge in [-0.2, -0.15) is 0 Å². The zero-order valence-corrected chi connectivity index (χ0v) is 11.7. The van der Waals surface area contributed by atoms with Gasteiger partial charge in [-0.05, 0) is 51.2 Å². The van der Waals surface area contributed by atoms with E-state index >= 15 is 0 Å². The average Bonchev–Trinajstić information content (AvgIpc) is 2.81. The second kappa shape index (κ2) is 7.00. The first kappa shape index (κ1) is 13.7. The summed E-state index contributed by atoms with van der Waals surface area (Å²) in [4.78, 5) is 2.28. The molecule has 1 aromatic carbocycles. The molecule has 0 aliphatic heterocycles. The zero-order valence-electron chi connectivity index (χ0n) is 11.7. The highest BCUT2D eigenvalue weighted by Crippen LogP contribution is 2.09. The molecule has 0 aliphatic rings. The molecule has 0 saturated heterocycles. The number of nitrogens with one attached hydrogen (secondary N) is 1. The average molecular weight is 258 g/mol. The smallest absolute Gasteiger partial charge is 0.118 e. The summed E-state index contributed by atoms with van der Waals surface area (Å²) in [6, 6.07) is 14.4. The van der Waals surface area contributed by atoms with Crippen molar-refractivity contribution in [2.75, 3.05) is 25.5 Å². The van der Waals surface area contributed by atoms with Crippen LogP contribution in [0.1, 0.15) is 17.9 Å². The molecule has 0 atom stereocenters. The lowest BCUT2D eigenvalue weighted by molar-refractivity contribution is 0.291. The largest absolute Gasteiger partial charge is 0.465 e. The van der Waals surface area contributed by atoms with E-state index in [9.17, 15) is 0 Å². The summed E-state index contributed by atoms with van der Waals surface area (Å²) in [5.41, 5.74) is 1.19. The zero-order chi connectivity index (χ0) is 13.5. The van der Waals surface area contributed by atoms with E-state index in [1.54, 1.807) is 0 Å². The molecule has 0 unspecified atom stereocenters. The number of hydrogen-bond acceptors (Lipinski definition) is 3. The van der Waals surface area contributed by atoms with Gasteiger partial charge < -0.3 is 9.73 Å². The van der Waals surface area contributed by atoms with Gasteiger partial charge >= 0.3 is 0 Å². The minimum Gasteiger partial charge on any atom is -0.465 e. The van der Waals surface area contributed by atoms with Crippen LogP contribution < -0.4 is 5.32 Å². The third-order valence-corrected chi connectivity index (χ3v) is 3.04. The standard InChI is InChI=1S/C16H22N2O/c1-14-9-10-16(19-14)13-18(2)12-6-11-17-15-7-4-3-5-8-15/h3-5,7-10,17H,6,11-13H2,1-2H3. The molecule has 0 amide bonds. The highest BCUT2D eigenvalue weighted by molar-refractivity contribution is 5.42. The van der Waals surface area contributed by atoms with Gasteiger partial charge in [0.05, 0.1) is 6.54 Å². The Morgan fingerprint density at radius 3 is 2.58 bits per heavy atom. The van der Waals surface area contributed by atoms with Crippen molar-refractivity contribution in [1.29, 1.82) is 0 Å². The van der Waals surface area contributed by atoms with Crippen molar-refractivity contribution in [1.82, 2.24) is 4.90 Å². The van der Waals surface area contributed by atoms with Crippen LogP contribution in [-0.2, 0) is 6.54 Å². The van der Waals surface area contributed by atoms with E-state index < -0.39 is 0 Å². The van der Waals surface area contributed by atoms with E-state index in [0.29, 0.717) is 0 Å². The normalized spacial score (nSPS) is 10.9. The molecule has 0 fully saturated rings. The van der Waals surface area contributed by atoms with E-state index in [0.717, 1.165) is 37.6 Å². The third-order valence-electron chi connectivity index (χ3n) is 3.04. The van der Waals surface area contributed by atoms with Gasteiger partial charge in [-0.25, -0.2) is 0 Å². The van der Waals surface area contributed by atoms with Crippen LogP contribution in [0.15, 0.2) is 46.9 Å². The Kier molecular flexibility index (Phi) is 5.04. The summed E-state index contributed by atoms with van der Waals surface area (Å²) in [6.07, 6.45) is 1.12. The van der Waals surface area contributed by atoms with Crippen LogP contribution in [0.5, 0.6) is 0 Å². The maximum absolute atomic E-state index is 5.57. The molecule has 0 radical (unpaired) electrons. The Hall–Kier alpha value is -1.74. The highest BCUT2D eigenvalue weighted by Gasteiger charge is 2.03. The van der Waals surface area contributed by atoms with Crippen LogP contribution in [0.3, 0.4) is 0 Å². The summed E-state index contributed by atoms with van der Waals surface area (Å²) in [6.45, 7) is 4.90. The van der Waals surface area contributed by atoms with E-state index in [2.05, 4.69) is 29.4 Å². The quantitative estimate of drug-likeness (QED) is 0.770. The monoisotopic (exact) mass is 258 g/mol. The number of anilines is 1. The number of aryl methyl sites for hydroxylation is 1. The molecule has 0 spiro atoms. The van der Waals surface area contributed by atoms with Crippen molar-refractivity contribution in [3.8, 4) is 0 Å². The van der Waals surface area contributed by atoms with Crippen LogP contribution in [0.2, 0.25) is 0 Å². The first-order valence-electron chi connectivity index (χ1n) is 6.77. The molecular formula is C16H22N2O. The SMILES string of the molecule is Cc1ccc(CN(C)CCCNc2ccccc2)o1. The van der Waals surface area contributed by atoms with Crippen molar-refractivity contribution in [2.45, 2.75) is 19.9 Å². The van der Waals surface area contributed by atoms with Crippen molar-refractivity contribution in [3.05, 3.63) is 54.0 Å². The van der Waals surface area contributed by atoms with E-state index in [4.69, 9.17) is 4.42 Å². The van der Waals surface area contributed by atoms with Crippen molar-refractivity contribution >= 4 is 5.69 Å². The van der Waals surface area contributed by atoms with Crippen molar-refractivity contribution < 1.29 is 4.42 Å². The number of nitrogens with zero attached hydrogens (tertiary/aromatic N) is 1. The molecular weight excluding hydrogens is 236 g/mol. The summed E-state index contributed by atoms with van der Waals surface area (Å²) in [5.74, 6) is 2.02. The van der Waals surface area contributed by atoms with Crippen LogP contribution in [0.25, 0.3) is 0 Å². The molecule has 19 heavy (non-hydrogen) atoms. The Morgan fingerprint density at radius 2 is 1.89 bits per heavy atom. The van der Waals surface area contributed by atoms with Crippen molar-refractivity contribution in [2.24, 2.45) is 0 Å². The maximum Gasteiger partial charge on any atom is 0.118 e. The second-order valence-electron chi connectivity index (χ2n) is 4.90. The highest BCUT2D eigenvalue weighted by atomic mass is 16.3. The first-order chi connectivity index (χ1) is 9.24. The Bertz CT molecular complexity index is 479. The predicted octanol–water partition coefficient (Wildman–Crippen LogP) is 3.52. The fraction of sp³-hybridized carbons (Fsp3) is 0.375. The first-order valence-corrected chi connectivity index (χ1v) is 6.77. The van der Waals surface area contributed by atoms with Gasteiger partial charge in [0.1, 0.15) is 11.5 Å². The number of rotatable bonds is 7. The van der Waals surface area contributed by atoms with Crippen LogP contribution in [-0.4, -0.2) is 25.0 Å². The summed E-state index contributed by atoms with van der Waals surface area (Å²) < 4.78 is 5.57. The van der Waals surface area contributed by atoms with Gasteiger partial charge in [-0.1, -0.05) is 18.2 Å². The molecule has 3 heteroatoms. The fourth-order valence-electron chi connectivity index (χ4n) is 2.05. The minimum absolute atomic E-state index is 0.874. The Labute approximate surface area is 115 Å². The Balaban J connectivity index is 1.63. The number of furan rings is 1. The van der Waals surface area contributed by atoms with E-state index in [1.165, 1.54) is 5.69 Å². The lowest BCUT2D eigenvalue weighted by Crippen LogP contribution is -2.20. The summed E-state index contributed by atoms with van der Waals surface area (Å²) in [7, 11) is 2.13. The van der Waals surface area contributed by atoms with Gasteiger partial charge in [0.2, 0.25) is 0 Å². The molecule has 0 saturated carbocycles. The van der Waals surface area contributed by atoms with Crippen LogP contribution >= 0.6 is 0 Å². The number of para-hydroxylation sites is 1. The third kappa shape index (κ3) is 4.79. The van der Waals surface area contributed by atoms with Crippen molar-refractivity contribution in [3.63, 3.8) is 0 Å². The Morgan fingerprint density at radius 1 is 1.11 bits per heavy atom. The van der Waals surface area contributed by atoms with Crippen LogP contribution in [0, 0.1) is 6.92 Å². The lowest BCUT2D eigenvalue weighted by Gasteiger charge is -2.15. The number of benzene rings is 1. The topological polar surface area (TPSA) is 28.4 Å². The van der Waals surface area contributed by atoms with Gasteiger partial charge in [0.15, 0.2) is 0 Å². The maximum atomic E-state index is 5.57. The predicted molar refractivity (Wildman–Crippen MR) is 79.3 cm³/mol. The summed E-state index contributed by atoms with van der Waals surface area (Å²) >= 11 is 0. The molecule has 1 aromatic heterocycles. The fourth-order valence-corrected chi connectivity index (χ4v) is 2.05. The summed E-state index contributed by atoms with van der Waals surface area (Å²) in [5, 5.41) is 3.42. The molecule has 2 rings (SSSR count). The van der Waals surface area contributed by atoms with E-state index in [-0.39, 0.29) is 0 Å². The molecule has 0 aliphatic carbocycles. The minimum atomic E-state index is 0.874. The van der Waals surface area contributed by atoms with Gasteiger partial charge in [0, 0.05) is 12.2 Å². The molecule has 2 aromatic rings. The number of hydrogen-bond donors (Lipinski definition) is 1. The lowest BCUT2D eigenvalue weighted by atomic mass is 10.3. The molecule has 1 N–H and O–H groups in total. The van der Waals surface area contributed by atoms with Crippen LogP contribution in [0.4, 0.5) is 5.69 Å². The molecule has 1 heterocycles. The molecule has 102 valence electrons. The molecule has 0 bridgehead atoms. The second-order valence-corrected chi connectivity index (χ2v) is 4.90.